The van der Waals surface area contributed by atoms with Gasteiger partial charge in [-0.05, 0) is 47.0 Å². The highest BCUT2D eigenvalue weighted by molar-refractivity contribution is 9.10. The molecule has 0 radical (unpaired) electrons. The lowest BCUT2D eigenvalue weighted by atomic mass is 10.0. The Hall–Kier alpha value is -1.24. The Labute approximate surface area is 128 Å². The van der Waals surface area contributed by atoms with E-state index in [9.17, 15) is 18.0 Å². The van der Waals surface area contributed by atoms with Gasteiger partial charge in [-0.1, -0.05) is 0 Å². The molecule has 2 aliphatic rings. The van der Waals surface area contributed by atoms with E-state index in [-0.39, 0.29) is 28.1 Å². The summed E-state index contributed by atoms with van der Waals surface area (Å²) in [4.78, 5) is 13.8. The molecule has 2 atom stereocenters. The molecule has 3 rings (SSSR count). The van der Waals surface area contributed by atoms with Crippen molar-refractivity contribution in [2.45, 2.75) is 44.1 Å². The predicted octanol–water partition coefficient (Wildman–Crippen LogP) is 4.05. The summed E-state index contributed by atoms with van der Waals surface area (Å²) in [5, 5.41) is 0. The van der Waals surface area contributed by atoms with Crippen molar-refractivity contribution in [1.82, 2.24) is 0 Å². The molecule has 0 N–H and O–H groups in total. The van der Waals surface area contributed by atoms with E-state index in [2.05, 4.69) is 25.6 Å². The second kappa shape index (κ2) is 5.19. The van der Waals surface area contributed by atoms with Crippen LogP contribution in [0, 0.1) is 0 Å². The quantitative estimate of drug-likeness (QED) is 0.793. The molecule has 21 heavy (non-hydrogen) atoms. The lowest BCUT2D eigenvalue weighted by molar-refractivity contribution is -0.274. The third-order valence-electron chi connectivity index (χ3n) is 3.99. The Bertz CT molecular complexity index is 560. The highest BCUT2D eigenvalue weighted by Gasteiger charge is 2.40. The first-order chi connectivity index (χ1) is 9.83. The van der Waals surface area contributed by atoms with E-state index in [4.69, 9.17) is 0 Å². The summed E-state index contributed by atoms with van der Waals surface area (Å²) in [5.41, 5.74) is 0.830. The molecule has 2 fully saturated rings. The minimum absolute atomic E-state index is 0.164. The van der Waals surface area contributed by atoms with E-state index in [1.807, 2.05) is 0 Å². The number of piperidine rings is 1. The average Bonchev–Trinajstić information content (AvgIpc) is 2.63. The van der Waals surface area contributed by atoms with Crippen LogP contribution >= 0.6 is 15.9 Å². The largest absolute Gasteiger partial charge is 0.573 e. The minimum atomic E-state index is -4.71. The molecule has 0 aliphatic carbocycles. The normalized spacial score (nSPS) is 25.3. The van der Waals surface area contributed by atoms with Crippen LogP contribution < -0.4 is 9.64 Å². The van der Waals surface area contributed by atoms with E-state index in [0.29, 0.717) is 12.8 Å². The van der Waals surface area contributed by atoms with Crippen LogP contribution in [-0.4, -0.2) is 24.2 Å². The Balaban J connectivity index is 1.84. The van der Waals surface area contributed by atoms with E-state index < -0.39 is 6.36 Å². The summed E-state index contributed by atoms with van der Waals surface area (Å²) < 4.78 is 41.0. The zero-order valence-corrected chi connectivity index (χ0v) is 12.6. The number of halogens is 4. The van der Waals surface area contributed by atoms with Crippen molar-refractivity contribution in [3.8, 4) is 5.75 Å². The first-order valence-electron chi connectivity index (χ1n) is 6.69. The lowest BCUT2D eigenvalue weighted by Gasteiger charge is -2.36. The fourth-order valence-corrected chi connectivity index (χ4v) is 3.70. The van der Waals surface area contributed by atoms with E-state index >= 15 is 0 Å². The second-order valence-corrected chi connectivity index (χ2v) is 6.26. The van der Waals surface area contributed by atoms with Gasteiger partial charge in [0.05, 0.1) is 4.47 Å². The van der Waals surface area contributed by atoms with E-state index in [0.717, 1.165) is 18.5 Å². The Morgan fingerprint density at radius 2 is 1.81 bits per heavy atom. The summed E-state index contributed by atoms with van der Waals surface area (Å²) in [7, 11) is 0. The maximum atomic E-state index is 12.3. The van der Waals surface area contributed by atoms with Gasteiger partial charge in [0, 0.05) is 30.6 Å². The number of fused-ring (bicyclic) bond motifs is 2. The first-order valence-corrected chi connectivity index (χ1v) is 7.48. The molecule has 1 aromatic carbocycles. The number of hydrogen-bond donors (Lipinski definition) is 0. The van der Waals surface area contributed by atoms with Crippen molar-refractivity contribution in [3.05, 3.63) is 22.7 Å². The molecule has 0 saturated carbocycles. The van der Waals surface area contributed by atoms with Crippen LogP contribution in [-0.2, 0) is 4.79 Å². The highest BCUT2D eigenvalue weighted by atomic mass is 79.9. The number of carbonyl (C=O) groups is 1. The zero-order valence-electron chi connectivity index (χ0n) is 11.0. The summed E-state index contributed by atoms with van der Waals surface area (Å²) >= 11 is 3.12. The number of Topliss-reactive ketones (excluding diaryl/α,β-unsaturated/α-hetero) is 1. The summed E-state index contributed by atoms with van der Waals surface area (Å²) in [6.45, 7) is 0. The smallest absolute Gasteiger partial charge is 0.405 e. The first kappa shape index (κ1) is 14.7. The number of benzene rings is 1. The monoisotopic (exact) mass is 363 g/mol. The molecule has 3 nitrogen and oxygen atoms in total. The van der Waals surface area contributed by atoms with Crippen molar-refractivity contribution in [1.29, 1.82) is 0 Å². The molecule has 114 valence electrons. The van der Waals surface area contributed by atoms with Gasteiger partial charge < -0.3 is 9.64 Å². The zero-order chi connectivity index (χ0) is 15.2. The van der Waals surface area contributed by atoms with Gasteiger partial charge in [-0.2, -0.15) is 0 Å². The molecule has 2 bridgehead atoms. The van der Waals surface area contributed by atoms with Crippen LogP contribution in [0.4, 0.5) is 18.9 Å². The van der Waals surface area contributed by atoms with Gasteiger partial charge in [0.2, 0.25) is 0 Å². The molecule has 0 spiro atoms. The van der Waals surface area contributed by atoms with Crippen molar-refractivity contribution in [2.75, 3.05) is 4.90 Å². The molecule has 2 unspecified atom stereocenters. The average molecular weight is 364 g/mol. The molecule has 1 aromatic rings. The number of carbonyl (C=O) groups excluding carboxylic acids is 1. The molecule has 0 amide bonds. The number of alkyl halides is 3. The van der Waals surface area contributed by atoms with E-state index in [1.165, 1.54) is 6.07 Å². The molecular weight excluding hydrogens is 351 g/mol. The third kappa shape index (κ3) is 3.02. The number of hydrogen-bond acceptors (Lipinski definition) is 3. The van der Waals surface area contributed by atoms with Crippen LogP contribution in [0.2, 0.25) is 0 Å². The van der Waals surface area contributed by atoms with Crippen molar-refractivity contribution in [3.63, 3.8) is 0 Å². The lowest BCUT2D eigenvalue weighted by Crippen LogP contribution is -2.43. The van der Waals surface area contributed by atoms with Crippen molar-refractivity contribution in [2.24, 2.45) is 0 Å². The number of anilines is 1. The topological polar surface area (TPSA) is 29.5 Å². The highest BCUT2D eigenvalue weighted by Crippen LogP contribution is 2.41. The fraction of sp³-hybridized carbons (Fsp3) is 0.500. The van der Waals surface area contributed by atoms with Crippen LogP contribution in [0.3, 0.4) is 0 Å². The van der Waals surface area contributed by atoms with Gasteiger partial charge >= 0.3 is 6.36 Å². The molecule has 7 heteroatoms. The fourth-order valence-electron chi connectivity index (χ4n) is 3.25. The van der Waals surface area contributed by atoms with Crippen LogP contribution in [0.15, 0.2) is 22.7 Å². The summed E-state index contributed by atoms with van der Waals surface area (Å²) in [5.74, 6) is 0.0153. The SMILES string of the molecule is O=C1CC2CCC(C1)N2c1ccc(OC(F)(F)F)c(Br)c1. The predicted molar refractivity (Wildman–Crippen MR) is 74.4 cm³/mol. The number of rotatable bonds is 2. The standard InChI is InChI=1S/C14H13BrF3NO2/c15-12-7-10(3-4-13(12)21-14(16,17)18)19-8-1-2-9(19)6-11(20)5-8/h3-4,7-9H,1-2,5-6H2. The second-order valence-electron chi connectivity index (χ2n) is 5.40. The van der Waals surface area contributed by atoms with Crippen molar-refractivity contribution < 1.29 is 22.7 Å². The summed E-state index contributed by atoms with van der Waals surface area (Å²) in [6.07, 6.45) is -1.76. The van der Waals surface area contributed by atoms with E-state index in [1.54, 1.807) is 12.1 Å². The van der Waals surface area contributed by atoms with Crippen LogP contribution in [0.25, 0.3) is 0 Å². The molecular formula is C14H13BrF3NO2. The maximum absolute atomic E-state index is 12.3. The number of nitrogens with zero attached hydrogens (tertiary/aromatic N) is 1. The Morgan fingerprint density at radius 3 is 2.33 bits per heavy atom. The van der Waals surface area contributed by atoms with Crippen molar-refractivity contribution >= 4 is 27.4 Å². The van der Waals surface area contributed by atoms with Gasteiger partial charge in [0.1, 0.15) is 11.5 Å². The van der Waals surface area contributed by atoms with Crippen LogP contribution in [0.1, 0.15) is 25.7 Å². The number of ether oxygens (including phenoxy) is 1. The van der Waals surface area contributed by atoms with Crippen LogP contribution in [0.5, 0.6) is 5.75 Å². The third-order valence-corrected chi connectivity index (χ3v) is 4.61. The summed E-state index contributed by atoms with van der Waals surface area (Å²) in [6, 6.07) is 4.88. The van der Waals surface area contributed by atoms with Gasteiger partial charge in [-0.15, -0.1) is 13.2 Å². The maximum Gasteiger partial charge on any atom is 0.573 e. The minimum Gasteiger partial charge on any atom is -0.405 e. The molecule has 2 heterocycles. The molecule has 2 saturated heterocycles. The Morgan fingerprint density at radius 1 is 1.19 bits per heavy atom. The van der Waals surface area contributed by atoms with Gasteiger partial charge in [-0.25, -0.2) is 0 Å². The molecule has 2 aliphatic heterocycles. The van der Waals surface area contributed by atoms with Gasteiger partial charge in [0.15, 0.2) is 0 Å². The van der Waals surface area contributed by atoms with Gasteiger partial charge in [-0.3, -0.25) is 4.79 Å². The molecule has 0 aromatic heterocycles. The number of ketones is 1. The van der Waals surface area contributed by atoms with Gasteiger partial charge in [0.25, 0.3) is 0 Å². The Kier molecular flexibility index (Phi) is 3.63.